The van der Waals surface area contributed by atoms with E-state index in [0.29, 0.717) is 13.0 Å². The Hall–Kier alpha value is -1.82. The number of carboxylic acids is 1. The van der Waals surface area contributed by atoms with Crippen LogP contribution in [0.25, 0.3) is 0 Å². The van der Waals surface area contributed by atoms with Gasteiger partial charge in [0.2, 0.25) is 0 Å². The van der Waals surface area contributed by atoms with E-state index in [4.69, 9.17) is 16.7 Å². The quantitative estimate of drug-likeness (QED) is 0.877. The molecule has 0 spiro atoms. The average Bonchev–Trinajstić information content (AvgIpc) is 2.83. The zero-order valence-electron chi connectivity index (χ0n) is 9.90. The van der Waals surface area contributed by atoms with E-state index in [1.54, 1.807) is 0 Å². The first kappa shape index (κ1) is 13.6. The van der Waals surface area contributed by atoms with Crippen molar-refractivity contribution in [1.82, 2.24) is 4.90 Å². The summed E-state index contributed by atoms with van der Waals surface area (Å²) >= 11 is 5.53. The normalized spacial score (nSPS) is 18.4. The fraction of sp³-hybridized carbons (Fsp3) is 0.333. The van der Waals surface area contributed by atoms with Crippen molar-refractivity contribution in [2.24, 2.45) is 5.92 Å². The number of aliphatic carboxylic acids is 1. The number of nitrogens with zero attached hydrogens (tertiary/aromatic N) is 1. The highest BCUT2D eigenvalue weighted by molar-refractivity contribution is 6.30. The van der Waals surface area contributed by atoms with Crippen LogP contribution in [0, 0.1) is 11.7 Å². The molecule has 2 amide bonds. The van der Waals surface area contributed by atoms with E-state index >= 15 is 0 Å². The minimum atomic E-state index is -0.909. The van der Waals surface area contributed by atoms with Crippen LogP contribution in [0.4, 0.5) is 14.9 Å². The van der Waals surface area contributed by atoms with Gasteiger partial charge in [-0.05, 0) is 24.6 Å². The second-order valence-electron chi connectivity index (χ2n) is 4.33. The van der Waals surface area contributed by atoms with Gasteiger partial charge in [0.1, 0.15) is 5.82 Å². The minimum Gasteiger partial charge on any atom is -0.481 e. The average molecular weight is 287 g/mol. The summed E-state index contributed by atoms with van der Waals surface area (Å²) in [7, 11) is 0. The zero-order valence-corrected chi connectivity index (χ0v) is 10.7. The summed E-state index contributed by atoms with van der Waals surface area (Å²) in [5.74, 6) is -2.06. The van der Waals surface area contributed by atoms with Gasteiger partial charge in [-0.15, -0.1) is 0 Å². The van der Waals surface area contributed by atoms with Crippen molar-refractivity contribution >= 4 is 29.3 Å². The third-order valence-electron chi connectivity index (χ3n) is 3.00. The van der Waals surface area contributed by atoms with E-state index < -0.39 is 23.7 Å². The van der Waals surface area contributed by atoms with E-state index in [0.717, 1.165) is 6.07 Å². The lowest BCUT2D eigenvalue weighted by Crippen LogP contribution is -2.33. The van der Waals surface area contributed by atoms with Crippen LogP contribution in [0.15, 0.2) is 18.2 Å². The summed E-state index contributed by atoms with van der Waals surface area (Å²) < 4.78 is 13.2. The molecule has 1 aliphatic rings. The number of carbonyl (C=O) groups excluding carboxylic acids is 1. The summed E-state index contributed by atoms with van der Waals surface area (Å²) in [5.41, 5.74) is 0.283. The highest BCUT2D eigenvalue weighted by Gasteiger charge is 2.30. The van der Waals surface area contributed by atoms with Crippen molar-refractivity contribution in [2.45, 2.75) is 6.42 Å². The molecule has 1 atom stereocenters. The molecule has 1 aliphatic heterocycles. The molecular weight excluding hydrogens is 275 g/mol. The molecule has 1 aromatic rings. The number of carboxylic acid groups (broad SMARTS) is 1. The summed E-state index contributed by atoms with van der Waals surface area (Å²) in [6.45, 7) is 0.538. The Morgan fingerprint density at radius 3 is 2.79 bits per heavy atom. The first-order chi connectivity index (χ1) is 8.97. The summed E-state index contributed by atoms with van der Waals surface area (Å²) in [6, 6.07) is 3.50. The van der Waals surface area contributed by atoms with E-state index in [2.05, 4.69) is 5.32 Å². The number of rotatable bonds is 2. The minimum absolute atomic E-state index is 0.0230. The van der Waals surface area contributed by atoms with Crippen LogP contribution in [-0.4, -0.2) is 35.1 Å². The number of likely N-dealkylation sites (tertiary alicyclic amines) is 1. The lowest BCUT2D eigenvalue weighted by Gasteiger charge is -2.16. The van der Waals surface area contributed by atoms with Gasteiger partial charge >= 0.3 is 12.0 Å². The topological polar surface area (TPSA) is 69.6 Å². The lowest BCUT2D eigenvalue weighted by molar-refractivity contribution is -0.141. The van der Waals surface area contributed by atoms with Gasteiger partial charge in [0.05, 0.1) is 10.9 Å². The molecule has 0 aromatic heterocycles. The van der Waals surface area contributed by atoms with Crippen molar-refractivity contribution < 1.29 is 19.1 Å². The van der Waals surface area contributed by atoms with Crippen LogP contribution < -0.4 is 5.32 Å². The van der Waals surface area contributed by atoms with Gasteiger partial charge in [-0.25, -0.2) is 9.18 Å². The number of hydrogen-bond acceptors (Lipinski definition) is 2. The lowest BCUT2D eigenvalue weighted by atomic mass is 10.1. The molecule has 102 valence electrons. The standard InChI is InChI=1S/C12H12ClFN2O3/c13-9-2-1-8(5-10(9)14)15-12(19)16-4-3-7(6-16)11(17)18/h1-2,5,7H,3-4,6H2,(H,15,19)(H,17,18). The molecule has 2 rings (SSSR count). The molecule has 1 fully saturated rings. The highest BCUT2D eigenvalue weighted by Crippen LogP contribution is 2.21. The number of halogens is 2. The molecule has 7 heteroatoms. The third-order valence-corrected chi connectivity index (χ3v) is 3.30. The van der Waals surface area contributed by atoms with E-state index in [1.807, 2.05) is 0 Å². The van der Waals surface area contributed by atoms with Crippen molar-refractivity contribution in [3.63, 3.8) is 0 Å². The van der Waals surface area contributed by atoms with Crippen LogP contribution in [-0.2, 0) is 4.79 Å². The Kier molecular flexibility index (Phi) is 3.90. The summed E-state index contributed by atoms with van der Waals surface area (Å²) in [6.07, 6.45) is 0.428. The smallest absolute Gasteiger partial charge is 0.321 e. The van der Waals surface area contributed by atoms with Crippen LogP contribution in [0.3, 0.4) is 0 Å². The Balaban J connectivity index is 1.98. The van der Waals surface area contributed by atoms with Gasteiger partial charge in [0.15, 0.2) is 0 Å². The first-order valence-electron chi connectivity index (χ1n) is 5.71. The molecule has 2 N–H and O–H groups in total. The van der Waals surface area contributed by atoms with Gasteiger partial charge in [-0.1, -0.05) is 11.6 Å². The Bertz CT molecular complexity index is 524. The predicted octanol–water partition coefficient (Wildman–Crippen LogP) is 2.42. The third kappa shape index (κ3) is 3.14. The Morgan fingerprint density at radius 1 is 1.47 bits per heavy atom. The predicted molar refractivity (Wildman–Crippen MR) is 67.7 cm³/mol. The molecule has 0 radical (unpaired) electrons. The molecule has 0 saturated carbocycles. The van der Waals surface area contributed by atoms with Crippen LogP contribution in [0.5, 0.6) is 0 Å². The maximum absolute atomic E-state index is 13.2. The maximum atomic E-state index is 13.2. The largest absolute Gasteiger partial charge is 0.481 e. The van der Waals surface area contributed by atoms with Gasteiger partial charge in [-0.3, -0.25) is 4.79 Å². The van der Waals surface area contributed by atoms with Gasteiger partial charge in [0, 0.05) is 18.8 Å². The number of hydrogen-bond donors (Lipinski definition) is 2. The van der Waals surface area contributed by atoms with Gasteiger partial charge in [0.25, 0.3) is 0 Å². The summed E-state index contributed by atoms with van der Waals surface area (Å²) in [4.78, 5) is 24.0. The number of anilines is 1. The van der Waals surface area contributed by atoms with Crippen molar-refractivity contribution in [2.75, 3.05) is 18.4 Å². The number of carbonyl (C=O) groups is 2. The molecule has 19 heavy (non-hydrogen) atoms. The molecule has 1 saturated heterocycles. The second kappa shape index (κ2) is 5.44. The van der Waals surface area contributed by atoms with Gasteiger partial charge < -0.3 is 15.3 Å². The number of benzene rings is 1. The summed E-state index contributed by atoms with van der Waals surface area (Å²) in [5, 5.41) is 11.3. The number of urea groups is 1. The SMILES string of the molecule is O=C(O)C1CCN(C(=O)Nc2ccc(Cl)c(F)c2)C1. The fourth-order valence-corrected chi connectivity index (χ4v) is 2.04. The van der Waals surface area contributed by atoms with Crippen molar-refractivity contribution in [3.8, 4) is 0 Å². The van der Waals surface area contributed by atoms with E-state index in [1.165, 1.54) is 17.0 Å². The number of nitrogens with one attached hydrogen (secondary N) is 1. The molecule has 5 nitrogen and oxygen atoms in total. The molecule has 1 heterocycles. The molecule has 1 aromatic carbocycles. The van der Waals surface area contributed by atoms with Crippen LogP contribution in [0.2, 0.25) is 5.02 Å². The molecule has 0 aliphatic carbocycles. The Morgan fingerprint density at radius 2 is 2.21 bits per heavy atom. The fourth-order valence-electron chi connectivity index (χ4n) is 1.92. The first-order valence-corrected chi connectivity index (χ1v) is 6.09. The van der Waals surface area contributed by atoms with Crippen LogP contribution >= 0.6 is 11.6 Å². The monoisotopic (exact) mass is 286 g/mol. The van der Waals surface area contributed by atoms with E-state index in [9.17, 15) is 14.0 Å². The molecule has 0 bridgehead atoms. The highest BCUT2D eigenvalue weighted by atomic mass is 35.5. The van der Waals surface area contributed by atoms with Crippen LogP contribution in [0.1, 0.15) is 6.42 Å². The number of amides is 2. The molecular formula is C12H12ClFN2O3. The molecule has 1 unspecified atom stereocenters. The van der Waals surface area contributed by atoms with E-state index in [-0.39, 0.29) is 17.3 Å². The van der Waals surface area contributed by atoms with Crippen molar-refractivity contribution in [1.29, 1.82) is 0 Å². The Labute approximate surface area is 114 Å². The maximum Gasteiger partial charge on any atom is 0.321 e. The van der Waals surface area contributed by atoms with Gasteiger partial charge in [-0.2, -0.15) is 0 Å². The second-order valence-corrected chi connectivity index (χ2v) is 4.74. The zero-order chi connectivity index (χ0) is 14.0. The van der Waals surface area contributed by atoms with Crippen molar-refractivity contribution in [3.05, 3.63) is 29.0 Å².